The van der Waals surface area contributed by atoms with E-state index in [1.54, 1.807) is 19.1 Å². The highest BCUT2D eigenvalue weighted by atomic mass is 31.2. The quantitative estimate of drug-likeness (QED) is 0.209. The molecule has 1 N–H and O–H groups in total. The minimum absolute atomic E-state index is 0.150. The Morgan fingerprint density at radius 2 is 1.94 bits per heavy atom. The number of hydrogen-bond acceptors (Lipinski definition) is 7. The molecule has 0 aliphatic rings. The van der Waals surface area contributed by atoms with Gasteiger partial charge in [0.15, 0.2) is 11.1 Å². The highest BCUT2D eigenvalue weighted by molar-refractivity contribution is 7.64. The molecule has 4 rings (SSSR count). The monoisotopic (exact) mass is 481 g/mol. The van der Waals surface area contributed by atoms with Gasteiger partial charge in [-0.1, -0.05) is 35.5 Å². The van der Waals surface area contributed by atoms with Gasteiger partial charge in [-0.25, -0.2) is 14.6 Å². The van der Waals surface area contributed by atoms with E-state index in [1.807, 2.05) is 49.3 Å². The molecule has 9 nitrogen and oxygen atoms in total. The molecule has 0 saturated heterocycles. The topological polar surface area (TPSA) is 102 Å². The molecule has 0 radical (unpaired) electrons. The van der Waals surface area contributed by atoms with Gasteiger partial charge in [0.05, 0.1) is 12.8 Å². The van der Waals surface area contributed by atoms with Gasteiger partial charge in [0, 0.05) is 37.8 Å². The number of anilines is 1. The number of nitrogens with zero attached hydrogens (tertiary/aromatic N) is 4. The molecule has 0 fully saturated rings. The van der Waals surface area contributed by atoms with Crippen molar-refractivity contribution in [1.82, 2.24) is 20.1 Å². The summed E-state index contributed by atoms with van der Waals surface area (Å²) in [5.41, 5.74) is 2.36. The van der Waals surface area contributed by atoms with Gasteiger partial charge in [0.2, 0.25) is 0 Å². The molecule has 2 aromatic heterocycles. The maximum Gasteiger partial charge on any atom is 0.362 e. The Hall–Kier alpha value is -3.26. The average molecular weight is 481 g/mol. The summed E-state index contributed by atoms with van der Waals surface area (Å²) in [5.74, 6) is 0. The molecule has 0 aliphatic carbocycles. The van der Waals surface area contributed by atoms with E-state index in [0.29, 0.717) is 12.1 Å². The van der Waals surface area contributed by atoms with Crippen LogP contribution in [0.3, 0.4) is 0 Å². The van der Waals surface area contributed by atoms with Crippen LogP contribution in [0.1, 0.15) is 18.9 Å². The Kier molecular flexibility index (Phi) is 7.26. The zero-order valence-corrected chi connectivity index (χ0v) is 20.4. The third-order valence-electron chi connectivity index (χ3n) is 5.36. The van der Waals surface area contributed by atoms with Gasteiger partial charge in [0.1, 0.15) is 5.58 Å². The molecule has 0 spiro atoms. The molecule has 1 atom stereocenters. The Morgan fingerprint density at radius 3 is 2.68 bits per heavy atom. The van der Waals surface area contributed by atoms with Gasteiger partial charge < -0.3 is 13.8 Å². The third-order valence-corrected chi connectivity index (χ3v) is 7.43. The normalized spacial score (nSPS) is 13.1. The SMILES string of the molecule is CCOP(=O)(NCCCc1ccccc1)c1cn(-c2cc3ccc(N(C)C)cc3oc2=O)nn1. The first-order valence-electron chi connectivity index (χ1n) is 11.1. The minimum atomic E-state index is -3.46. The second-order valence-electron chi connectivity index (χ2n) is 8.02. The van der Waals surface area contributed by atoms with Crippen LogP contribution < -0.4 is 21.0 Å². The summed E-state index contributed by atoms with van der Waals surface area (Å²) < 4.78 is 25.9. The molecule has 10 heteroatoms. The van der Waals surface area contributed by atoms with E-state index in [9.17, 15) is 9.36 Å². The molecule has 4 aromatic rings. The first-order valence-corrected chi connectivity index (χ1v) is 12.7. The number of hydrogen-bond donors (Lipinski definition) is 1. The lowest BCUT2D eigenvalue weighted by atomic mass is 10.1. The molecule has 2 aromatic carbocycles. The van der Waals surface area contributed by atoms with Crippen molar-refractivity contribution < 1.29 is 13.5 Å². The van der Waals surface area contributed by atoms with Crippen LogP contribution in [0.5, 0.6) is 0 Å². The van der Waals surface area contributed by atoms with Crippen LogP contribution in [0, 0.1) is 0 Å². The predicted molar refractivity (Wildman–Crippen MR) is 133 cm³/mol. The van der Waals surface area contributed by atoms with Crippen LogP contribution in [0.15, 0.2) is 70.0 Å². The third kappa shape index (κ3) is 5.28. The summed E-state index contributed by atoms with van der Waals surface area (Å²) in [6.45, 7) is 2.48. The van der Waals surface area contributed by atoms with Crippen LogP contribution in [0.2, 0.25) is 0 Å². The summed E-state index contributed by atoms with van der Waals surface area (Å²) in [5, 5.41) is 11.8. The van der Waals surface area contributed by atoms with Crippen LogP contribution in [-0.2, 0) is 15.5 Å². The van der Waals surface area contributed by atoms with Crippen LogP contribution >= 0.6 is 7.52 Å². The first kappa shape index (κ1) is 23.9. The fourth-order valence-electron chi connectivity index (χ4n) is 3.57. The first-order chi connectivity index (χ1) is 16.4. The smallest absolute Gasteiger partial charge is 0.362 e. The summed E-state index contributed by atoms with van der Waals surface area (Å²) in [7, 11) is 0.371. The van der Waals surface area contributed by atoms with Crippen molar-refractivity contribution in [3.05, 3.63) is 76.8 Å². The lowest BCUT2D eigenvalue weighted by Gasteiger charge is -2.16. The van der Waals surface area contributed by atoms with E-state index in [1.165, 1.54) is 16.4 Å². The maximum absolute atomic E-state index is 13.5. The van der Waals surface area contributed by atoms with Crippen molar-refractivity contribution in [3.63, 3.8) is 0 Å². The summed E-state index contributed by atoms with van der Waals surface area (Å²) in [4.78, 5) is 14.6. The van der Waals surface area contributed by atoms with Gasteiger partial charge in [-0.3, -0.25) is 4.57 Å². The number of nitrogens with one attached hydrogen (secondary N) is 1. The van der Waals surface area contributed by atoms with Crippen molar-refractivity contribution >= 4 is 29.6 Å². The second kappa shape index (κ2) is 10.3. The van der Waals surface area contributed by atoms with Crippen molar-refractivity contribution in [2.24, 2.45) is 0 Å². The molecule has 2 heterocycles. The summed E-state index contributed by atoms with van der Waals surface area (Å²) >= 11 is 0. The van der Waals surface area contributed by atoms with E-state index in [-0.39, 0.29) is 17.7 Å². The highest BCUT2D eigenvalue weighted by Gasteiger charge is 2.29. The van der Waals surface area contributed by atoms with Crippen molar-refractivity contribution in [2.45, 2.75) is 19.8 Å². The summed E-state index contributed by atoms with van der Waals surface area (Å²) in [6, 6.07) is 17.4. The van der Waals surface area contributed by atoms with Crippen molar-refractivity contribution in [2.75, 3.05) is 32.1 Å². The zero-order valence-electron chi connectivity index (χ0n) is 19.5. The second-order valence-corrected chi connectivity index (χ2v) is 10.2. The molecule has 0 aliphatic heterocycles. The van der Waals surface area contributed by atoms with Crippen LogP contribution in [0.4, 0.5) is 5.69 Å². The van der Waals surface area contributed by atoms with E-state index in [2.05, 4.69) is 27.5 Å². The Balaban J connectivity index is 1.54. The number of benzene rings is 2. The van der Waals surface area contributed by atoms with Gasteiger partial charge in [-0.15, -0.1) is 5.10 Å². The largest absolute Gasteiger partial charge is 0.421 e. The standard InChI is InChI=1S/C24H28N5O4P/c1-4-32-34(31,25-14-8-11-18-9-6-5-7-10-18)23-17-29(27-26-23)21-15-19-12-13-20(28(2)3)16-22(19)33-24(21)30/h5-7,9-10,12-13,15-17H,4,8,11,14H2,1-3H3,(H,25,31). The number of aryl methyl sites for hydroxylation is 1. The average Bonchev–Trinajstić information content (AvgIpc) is 3.33. The van der Waals surface area contributed by atoms with Gasteiger partial charge in [-0.2, -0.15) is 0 Å². The number of rotatable bonds is 10. The summed E-state index contributed by atoms with van der Waals surface area (Å²) in [6.07, 6.45) is 3.08. The molecule has 0 amide bonds. The number of fused-ring (bicyclic) bond motifs is 1. The van der Waals surface area contributed by atoms with E-state index in [0.717, 1.165) is 23.9 Å². The fraction of sp³-hybridized carbons (Fsp3) is 0.292. The molecular weight excluding hydrogens is 453 g/mol. The molecule has 34 heavy (non-hydrogen) atoms. The maximum atomic E-state index is 13.5. The highest BCUT2D eigenvalue weighted by Crippen LogP contribution is 2.40. The Morgan fingerprint density at radius 1 is 1.15 bits per heavy atom. The van der Waals surface area contributed by atoms with Crippen molar-refractivity contribution in [1.29, 1.82) is 0 Å². The fourth-order valence-corrected chi connectivity index (χ4v) is 5.19. The Bertz CT molecular complexity index is 1370. The molecule has 178 valence electrons. The van der Waals surface area contributed by atoms with Crippen LogP contribution in [-0.4, -0.2) is 42.2 Å². The minimum Gasteiger partial charge on any atom is -0.421 e. The van der Waals surface area contributed by atoms with Gasteiger partial charge >= 0.3 is 13.1 Å². The molecule has 1 unspecified atom stereocenters. The lowest BCUT2D eigenvalue weighted by Crippen LogP contribution is -2.24. The van der Waals surface area contributed by atoms with Gasteiger partial charge in [-0.05, 0) is 43.5 Å². The zero-order chi connectivity index (χ0) is 24.1. The predicted octanol–water partition coefficient (Wildman–Crippen LogP) is 3.52. The van der Waals surface area contributed by atoms with Crippen molar-refractivity contribution in [3.8, 4) is 5.69 Å². The van der Waals surface area contributed by atoms with Crippen LogP contribution in [0.25, 0.3) is 16.7 Å². The van der Waals surface area contributed by atoms with E-state index in [4.69, 9.17) is 8.94 Å². The molecule has 0 bridgehead atoms. The van der Waals surface area contributed by atoms with E-state index >= 15 is 0 Å². The number of aromatic nitrogens is 3. The van der Waals surface area contributed by atoms with E-state index < -0.39 is 13.1 Å². The lowest BCUT2D eigenvalue weighted by molar-refractivity contribution is 0.331. The van der Waals surface area contributed by atoms with Gasteiger partial charge in [0.25, 0.3) is 0 Å². The molecule has 0 saturated carbocycles. The molecular formula is C24H28N5O4P. The Labute approximate surface area is 197 Å².